The lowest BCUT2D eigenvalue weighted by atomic mass is 9.96. The van der Waals surface area contributed by atoms with Crippen molar-refractivity contribution in [2.75, 3.05) is 0 Å². The Bertz CT molecular complexity index is 373. The molecule has 1 heteroatoms. The average molecular weight is 244 g/mol. The summed E-state index contributed by atoms with van der Waals surface area (Å²) in [6.45, 7) is 0.811. The fourth-order valence-electron chi connectivity index (χ4n) is 3.47. The number of hydrogen-bond donors (Lipinski definition) is 0. The molecular weight excluding hydrogens is 220 g/mol. The fraction of sp³-hybridized carbons (Fsp3) is 0.647. The summed E-state index contributed by atoms with van der Waals surface area (Å²) >= 11 is 0. The van der Waals surface area contributed by atoms with Crippen LogP contribution in [0.25, 0.3) is 0 Å². The summed E-state index contributed by atoms with van der Waals surface area (Å²) < 4.78 is 6.01. The summed E-state index contributed by atoms with van der Waals surface area (Å²) in [6, 6.07) is 9.11. The monoisotopic (exact) mass is 244 g/mol. The fourth-order valence-corrected chi connectivity index (χ4v) is 3.47. The molecule has 2 saturated carbocycles. The molecule has 98 valence electrons. The quantitative estimate of drug-likeness (QED) is 0.739. The third-order valence-electron chi connectivity index (χ3n) is 4.57. The van der Waals surface area contributed by atoms with Gasteiger partial charge in [-0.1, -0.05) is 49.9 Å². The van der Waals surface area contributed by atoms with E-state index in [1.807, 2.05) is 0 Å². The summed E-state index contributed by atoms with van der Waals surface area (Å²) in [4.78, 5) is 0. The average Bonchev–Trinajstić information content (AvgIpc) is 3.10. The summed E-state index contributed by atoms with van der Waals surface area (Å²) in [7, 11) is 0. The second-order valence-electron chi connectivity index (χ2n) is 5.94. The number of benzene rings is 1. The molecular formula is C17H24O. The molecule has 3 rings (SSSR count). The van der Waals surface area contributed by atoms with Crippen LogP contribution in [-0.4, -0.2) is 6.10 Å². The third-order valence-corrected chi connectivity index (χ3v) is 4.57. The van der Waals surface area contributed by atoms with Crippen LogP contribution in [0.1, 0.15) is 68.4 Å². The molecule has 0 bridgehead atoms. The Labute approximate surface area is 111 Å². The van der Waals surface area contributed by atoms with Gasteiger partial charge in [-0.3, -0.25) is 0 Å². The van der Waals surface area contributed by atoms with Crippen molar-refractivity contribution in [1.29, 1.82) is 0 Å². The van der Waals surface area contributed by atoms with Crippen molar-refractivity contribution in [3.8, 4) is 0 Å². The Morgan fingerprint density at radius 2 is 1.67 bits per heavy atom. The van der Waals surface area contributed by atoms with Crippen molar-refractivity contribution in [3.05, 3.63) is 35.4 Å². The lowest BCUT2D eigenvalue weighted by molar-refractivity contribution is 0.0456. The van der Waals surface area contributed by atoms with Gasteiger partial charge in [0.1, 0.15) is 0 Å². The van der Waals surface area contributed by atoms with Crippen LogP contribution in [0.5, 0.6) is 0 Å². The van der Waals surface area contributed by atoms with E-state index in [4.69, 9.17) is 4.74 Å². The molecule has 0 unspecified atom stereocenters. The zero-order chi connectivity index (χ0) is 12.2. The minimum absolute atomic E-state index is 0.528. The molecule has 0 aliphatic heterocycles. The molecule has 0 amide bonds. The van der Waals surface area contributed by atoms with Gasteiger partial charge in [0.05, 0.1) is 12.7 Å². The van der Waals surface area contributed by atoms with Crippen molar-refractivity contribution in [2.24, 2.45) is 0 Å². The van der Waals surface area contributed by atoms with E-state index in [1.54, 1.807) is 5.56 Å². The van der Waals surface area contributed by atoms with Crippen LogP contribution in [0.3, 0.4) is 0 Å². The highest BCUT2D eigenvalue weighted by Gasteiger charge is 2.18. The van der Waals surface area contributed by atoms with E-state index >= 15 is 0 Å². The van der Waals surface area contributed by atoms with Gasteiger partial charge in [-0.05, 0) is 42.7 Å². The number of rotatable bonds is 4. The SMILES string of the molecule is c1cc(COC2CCCC2)cc(C2CCCC2)c1. The predicted molar refractivity (Wildman–Crippen MR) is 74.7 cm³/mol. The highest BCUT2D eigenvalue weighted by molar-refractivity contribution is 5.26. The normalized spacial score (nSPS) is 21.8. The molecule has 1 nitrogen and oxygen atoms in total. The number of ether oxygens (including phenoxy) is 1. The van der Waals surface area contributed by atoms with Crippen LogP contribution in [0.4, 0.5) is 0 Å². The lowest BCUT2D eigenvalue weighted by Gasteiger charge is -2.14. The molecule has 1 aromatic rings. The second-order valence-corrected chi connectivity index (χ2v) is 5.94. The van der Waals surface area contributed by atoms with E-state index < -0.39 is 0 Å². The van der Waals surface area contributed by atoms with Gasteiger partial charge in [0.25, 0.3) is 0 Å². The van der Waals surface area contributed by atoms with Gasteiger partial charge in [0.2, 0.25) is 0 Å². The summed E-state index contributed by atoms with van der Waals surface area (Å²) in [5.74, 6) is 0.816. The van der Waals surface area contributed by atoms with Gasteiger partial charge in [-0.2, -0.15) is 0 Å². The smallest absolute Gasteiger partial charge is 0.0720 e. The summed E-state index contributed by atoms with van der Waals surface area (Å²) in [5.41, 5.74) is 2.91. The first kappa shape index (κ1) is 12.2. The van der Waals surface area contributed by atoms with Crippen molar-refractivity contribution in [2.45, 2.75) is 70.0 Å². The molecule has 0 radical (unpaired) electrons. The van der Waals surface area contributed by atoms with Crippen molar-refractivity contribution in [3.63, 3.8) is 0 Å². The zero-order valence-corrected chi connectivity index (χ0v) is 11.2. The van der Waals surface area contributed by atoms with Crippen LogP contribution in [0.2, 0.25) is 0 Å². The van der Waals surface area contributed by atoms with Gasteiger partial charge < -0.3 is 4.74 Å². The van der Waals surface area contributed by atoms with Crippen LogP contribution in [0, 0.1) is 0 Å². The van der Waals surface area contributed by atoms with Crippen LogP contribution in [-0.2, 0) is 11.3 Å². The maximum Gasteiger partial charge on any atom is 0.0720 e. The highest BCUT2D eigenvalue weighted by Crippen LogP contribution is 2.34. The van der Waals surface area contributed by atoms with Gasteiger partial charge in [-0.25, -0.2) is 0 Å². The Morgan fingerprint density at radius 1 is 0.944 bits per heavy atom. The molecule has 2 aliphatic carbocycles. The van der Waals surface area contributed by atoms with Crippen molar-refractivity contribution < 1.29 is 4.74 Å². The van der Waals surface area contributed by atoms with Gasteiger partial charge in [-0.15, -0.1) is 0 Å². The molecule has 0 heterocycles. The van der Waals surface area contributed by atoms with Crippen LogP contribution < -0.4 is 0 Å². The molecule has 0 atom stereocenters. The molecule has 2 aliphatic rings. The predicted octanol–water partition coefficient (Wildman–Crippen LogP) is 4.80. The summed E-state index contributed by atoms with van der Waals surface area (Å²) in [6.07, 6.45) is 11.4. The molecule has 0 spiro atoms. The Kier molecular flexibility index (Phi) is 3.99. The maximum absolute atomic E-state index is 6.01. The van der Waals surface area contributed by atoms with Crippen LogP contribution in [0.15, 0.2) is 24.3 Å². The Balaban J connectivity index is 1.59. The zero-order valence-electron chi connectivity index (χ0n) is 11.2. The topological polar surface area (TPSA) is 9.23 Å². The third kappa shape index (κ3) is 2.95. The van der Waals surface area contributed by atoms with E-state index in [0.29, 0.717) is 6.10 Å². The molecule has 0 saturated heterocycles. The van der Waals surface area contributed by atoms with Gasteiger partial charge in [0.15, 0.2) is 0 Å². The van der Waals surface area contributed by atoms with E-state index in [2.05, 4.69) is 24.3 Å². The summed E-state index contributed by atoms with van der Waals surface area (Å²) in [5, 5.41) is 0. The second kappa shape index (κ2) is 5.88. The van der Waals surface area contributed by atoms with Gasteiger partial charge >= 0.3 is 0 Å². The van der Waals surface area contributed by atoms with E-state index in [1.165, 1.54) is 56.9 Å². The lowest BCUT2D eigenvalue weighted by Crippen LogP contribution is -2.07. The molecule has 2 fully saturated rings. The largest absolute Gasteiger partial charge is 0.374 e. The highest BCUT2D eigenvalue weighted by atomic mass is 16.5. The molecule has 1 aromatic carbocycles. The minimum atomic E-state index is 0.528. The molecule has 18 heavy (non-hydrogen) atoms. The van der Waals surface area contributed by atoms with Gasteiger partial charge in [0, 0.05) is 0 Å². The minimum Gasteiger partial charge on any atom is -0.374 e. The molecule has 0 N–H and O–H groups in total. The Morgan fingerprint density at radius 3 is 2.44 bits per heavy atom. The van der Waals surface area contributed by atoms with E-state index in [9.17, 15) is 0 Å². The molecule has 0 aromatic heterocycles. The van der Waals surface area contributed by atoms with Crippen LogP contribution >= 0.6 is 0 Å². The maximum atomic E-state index is 6.01. The Hall–Kier alpha value is -0.820. The first-order valence-corrected chi connectivity index (χ1v) is 7.62. The standard InChI is InChI=1S/C17H24O/c1-2-8-15(7-1)16-9-5-6-14(12-16)13-18-17-10-3-4-11-17/h5-6,9,12,15,17H,1-4,7-8,10-11,13H2. The first-order valence-electron chi connectivity index (χ1n) is 7.62. The van der Waals surface area contributed by atoms with Crippen molar-refractivity contribution >= 4 is 0 Å². The first-order chi connectivity index (χ1) is 8.92. The van der Waals surface area contributed by atoms with E-state index in [0.717, 1.165) is 12.5 Å². The van der Waals surface area contributed by atoms with E-state index in [-0.39, 0.29) is 0 Å². The van der Waals surface area contributed by atoms with Crippen molar-refractivity contribution in [1.82, 2.24) is 0 Å². The number of hydrogen-bond acceptors (Lipinski definition) is 1.